The van der Waals surface area contributed by atoms with E-state index < -0.39 is 21.8 Å². The van der Waals surface area contributed by atoms with Gasteiger partial charge in [0.15, 0.2) is 5.13 Å². The Morgan fingerprint density at radius 2 is 2.15 bits per heavy atom. The number of aromatic nitrogens is 2. The first-order valence-electron chi connectivity index (χ1n) is 10.4. The van der Waals surface area contributed by atoms with Crippen LogP contribution in [-0.4, -0.2) is 55.2 Å². The Morgan fingerprint density at radius 3 is 2.88 bits per heavy atom. The van der Waals surface area contributed by atoms with E-state index in [4.69, 9.17) is 4.74 Å². The van der Waals surface area contributed by atoms with Crippen LogP contribution < -0.4 is 10.6 Å². The number of rotatable bonds is 7. The highest BCUT2D eigenvalue weighted by atomic mass is 32.2. The molecule has 11 heteroatoms. The van der Waals surface area contributed by atoms with Crippen molar-refractivity contribution in [3.8, 4) is 11.3 Å². The van der Waals surface area contributed by atoms with Crippen LogP contribution in [0.5, 0.6) is 0 Å². The van der Waals surface area contributed by atoms with E-state index in [9.17, 15) is 18.0 Å². The van der Waals surface area contributed by atoms with Crippen LogP contribution in [0.25, 0.3) is 11.3 Å². The molecule has 2 aromatic heterocycles. The highest BCUT2D eigenvalue weighted by Crippen LogP contribution is 2.30. The molecule has 9 nitrogen and oxygen atoms in total. The van der Waals surface area contributed by atoms with Gasteiger partial charge in [0.25, 0.3) is 5.91 Å². The zero-order chi connectivity index (χ0) is 23.4. The Morgan fingerprint density at radius 1 is 1.30 bits per heavy atom. The number of carbonyl (C=O) groups excluding carboxylic acids is 2. The second kappa shape index (κ2) is 9.86. The third-order valence-electron chi connectivity index (χ3n) is 5.29. The Hall–Kier alpha value is -3.02. The first-order chi connectivity index (χ1) is 15.8. The SMILES string of the molecule is CS(=O)(=O)n1ccc(C(=O)NCC(=O)Nc2nc(-c3cccc([C@H]4CCCOC4)c3)cs2)c1. The second-order valence-electron chi connectivity index (χ2n) is 7.80. The summed E-state index contributed by atoms with van der Waals surface area (Å²) in [6.45, 7) is 1.28. The van der Waals surface area contributed by atoms with Gasteiger partial charge in [-0.25, -0.2) is 13.4 Å². The van der Waals surface area contributed by atoms with Gasteiger partial charge >= 0.3 is 0 Å². The fourth-order valence-electron chi connectivity index (χ4n) is 3.56. The van der Waals surface area contributed by atoms with E-state index in [1.165, 1.54) is 35.4 Å². The van der Waals surface area contributed by atoms with Crippen LogP contribution in [0.2, 0.25) is 0 Å². The number of benzene rings is 1. The van der Waals surface area contributed by atoms with Crippen molar-refractivity contribution >= 4 is 38.3 Å². The number of anilines is 1. The van der Waals surface area contributed by atoms with Gasteiger partial charge in [0.2, 0.25) is 15.9 Å². The van der Waals surface area contributed by atoms with E-state index in [1.54, 1.807) is 0 Å². The smallest absolute Gasteiger partial charge is 0.253 e. The minimum absolute atomic E-state index is 0.146. The van der Waals surface area contributed by atoms with Gasteiger partial charge in [-0.2, -0.15) is 0 Å². The number of carbonyl (C=O) groups is 2. The largest absolute Gasteiger partial charge is 0.381 e. The quantitative estimate of drug-likeness (QED) is 0.528. The van der Waals surface area contributed by atoms with Crippen molar-refractivity contribution in [2.45, 2.75) is 18.8 Å². The van der Waals surface area contributed by atoms with Crippen molar-refractivity contribution in [2.75, 3.05) is 31.3 Å². The van der Waals surface area contributed by atoms with Crippen molar-refractivity contribution in [1.29, 1.82) is 0 Å². The van der Waals surface area contributed by atoms with Crippen molar-refractivity contribution < 1.29 is 22.7 Å². The van der Waals surface area contributed by atoms with E-state index in [0.717, 1.165) is 47.5 Å². The van der Waals surface area contributed by atoms with Crippen molar-refractivity contribution in [3.63, 3.8) is 0 Å². The molecule has 0 radical (unpaired) electrons. The summed E-state index contributed by atoms with van der Waals surface area (Å²) in [5, 5.41) is 7.45. The molecule has 1 atom stereocenters. The molecular formula is C22H24N4O5S2. The fourth-order valence-corrected chi connectivity index (χ4v) is 4.89. The summed E-state index contributed by atoms with van der Waals surface area (Å²) < 4.78 is 29.5. The topological polar surface area (TPSA) is 119 Å². The lowest BCUT2D eigenvalue weighted by atomic mass is 9.92. The van der Waals surface area contributed by atoms with E-state index in [-0.39, 0.29) is 12.1 Å². The van der Waals surface area contributed by atoms with Gasteiger partial charge in [-0.15, -0.1) is 11.3 Å². The fraction of sp³-hybridized carbons (Fsp3) is 0.318. The summed E-state index contributed by atoms with van der Waals surface area (Å²) >= 11 is 1.30. The van der Waals surface area contributed by atoms with Crippen molar-refractivity contribution in [3.05, 3.63) is 59.2 Å². The summed E-state index contributed by atoms with van der Waals surface area (Å²) in [5.74, 6) is -0.592. The highest BCUT2D eigenvalue weighted by Gasteiger charge is 2.17. The van der Waals surface area contributed by atoms with Crippen LogP contribution in [0.15, 0.2) is 48.1 Å². The maximum absolute atomic E-state index is 12.2. The van der Waals surface area contributed by atoms with Gasteiger partial charge in [0.05, 0.1) is 30.7 Å². The Kier molecular flexibility index (Phi) is 6.91. The van der Waals surface area contributed by atoms with E-state index >= 15 is 0 Å². The van der Waals surface area contributed by atoms with Gasteiger partial charge in [-0.05, 0) is 30.5 Å². The molecule has 0 spiro atoms. The monoisotopic (exact) mass is 488 g/mol. The summed E-state index contributed by atoms with van der Waals surface area (Å²) in [6.07, 6.45) is 5.67. The van der Waals surface area contributed by atoms with Crippen LogP contribution in [0.1, 0.15) is 34.7 Å². The van der Waals surface area contributed by atoms with Gasteiger partial charge in [0.1, 0.15) is 0 Å². The third-order valence-corrected chi connectivity index (χ3v) is 7.04. The number of hydrogen-bond acceptors (Lipinski definition) is 7. The van der Waals surface area contributed by atoms with Crippen molar-refractivity contribution in [1.82, 2.24) is 14.3 Å². The second-order valence-corrected chi connectivity index (χ2v) is 10.5. The molecule has 0 bridgehead atoms. The molecule has 1 saturated heterocycles. The van der Waals surface area contributed by atoms with E-state index in [1.807, 2.05) is 17.5 Å². The molecule has 3 heterocycles. The summed E-state index contributed by atoms with van der Waals surface area (Å²) in [7, 11) is -3.47. The van der Waals surface area contributed by atoms with Crippen LogP contribution >= 0.6 is 11.3 Å². The molecular weight excluding hydrogens is 464 g/mol. The zero-order valence-corrected chi connectivity index (χ0v) is 19.6. The lowest BCUT2D eigenvalue weighted by Gasteiger charge is -2.22. The molecule has 1 aliphatic heterocycles. The molecule has 174 valence electrons. The Balaban J connectivity index is 1.33. The summed E-state index contributed by atoms with van der Waals surface area (Å²) in [5.41, 5.74) is 3.10. The maximum Gasteiger partial charge on any atom is 0.253 e. The molecule has 2 N–H and O–H groups in total. The highest BCUT2D eigenvalue weighted by molar-refractivity contribution is 7.89. The lowest BCUT2D eigenvalue weighted by molar-refractivity contribution is -0.115. The normalized spacial score (nSPS) is 16.3. The number of hydrogen-bond donors (Lipinski definition) is 2. The molecule has 2 amide bonds. The molecule has 1 aromatic carbocycles. The zero-order valence-electron chi connectivity index (χ0n) is 18.0. The van der Waals surface area contributed by atoms with Gasteiger partial charge in [-0.1, -0.05) is 18.2 Å². The molecule has 4 rings (SSSR count). The third kappa shape index (κ3) is 5.86. The molecule has 0 aliphatic carbocycles. The number of ether oxygens (including phenoxy) is 1. The predicted octanol–water partition coefficient (Wildman–Crippen LogP) is 2.68. The van der Waals surface area contributed by atoms with E-state index in [0.29, 0.717) is 11.0 Å². The first kappa shape index (κ1) is 23.1. The van der Waals surface area contributed by atoms with Crippen LogP contribution in [0.4, 0.5) is 5.13 Å². The van der Waals surface area contributed by atoms with Gasteiger partial charge in [0, 0.05) is 35.9 Å². The standard InChI is InChI=1S/C22H24N4O5S2/c1-33(29,30)26-8-7-17(12-26)21(28)23-11-20(27)25-22-24-19(14-32-22)16-5-2-4-15(10-16)18-6-3-9-31-13-18/h2,4-5,7-8,10,12,14,18H,3,6,9,11,13H2,1H3,(H,23,28)(H,24,25,27)/t18-/m0/s1. The number of nitrogens with zero attached hydrogens (tertiary/aromatic N) is 2. The molecule has 3 aromatic rings. The minimum atomic E-state index is -3.47. The first-order valence-corrected chi connectivity index (χ1v) is 13.1. The molecule has 1 aliphatic rings. The van der Waals surface area contributed by atoms with Gasteiger partial charge < -0.3 is 15.4 Å². The molecule has 1 fully saturated rings. The average Bonchev–Trinajstić information content (AvgIpc) is 3.48. The molecule has 0 saturated carbocycles. The summed E-state index contributed by atoms with van der Waals surface area (Å²) in [4.78, 5) is 28.9. The van der Waals surface area contributed by atoms with Crippen LogP contribution in [0, 0.1) is 0 Å². The maximum atomic E-state index is 12.2. The Labute approximate surface area is 195 Å². The molecule has 0 unspecified atom stereocenters. The van der Waals surface area contributed by atoms with Crippen molar-refractivity contribution in [2.24, 2.45) is 0 Å². The Bertz CT molecular complexity index is 1260. The lowest BCUT2D eigenvalue weighted by Crippen LogP contribution is -2.32. The molecule has 33 heavy (non-hydrogen) atoms. The summed E-state index contributed by atoms with van der Waals surface area (Å²) in [6, 6.07) is 9.57. The number of amides is 2. The van der Waals surface area contributed by atoms with Crippen LogP contribution in [-0.2, 0) is 19.6 Å². The number of nitrogens with one attached hydrogen (secondary N) is 2. The van der Waals surface area contributed by atoms with Gasteiger partial charge in [-0.3, -0.25) is 13.6 Å². The van der Waals surface area contributed by atoms with E-state index in [2.05, 4.69) is 27.8 Å². The number of thiazole rings is 1. The average molecular weight is 489 g/mol. The van der Waals surface area contributed by atoms with Crippen LogP contribution in [0.3, 0.4) is 0 Å². The minimum Gasteiger partial charge on any atom is -0.381 e. The predicted molar refractivity (Wildman–Crippen MR) is 126 cm³/mol.